The molecule has 0 atom stereocenters. The van der Waals surface area contributed by atoms with Crippen LogP contribution in [-0.4, -0.2) is 47.5 Å². The highest BCUT2D eigenvalue weighted by molar-refractivity contribution is 6.31. The van der Waals surface area contributed by atoms with Gasteiger partial charge in [0.05, 0.1) is 43.2 Å². The molecule has 0 saturated carbocycles. The van der Waals surface area contributed by atoms with Crippen molar-refractivity contribution < 1.29 is 9.13 Å². The van der Waals surface area contributed by atoms with Crippen molar-refractivity contribution in [1.82, 2.24) is 15.0 Å². The van der Waals surface area contributed by atoms with Crippen LogP contribution in [0.2, 0.25) is 5.02 Å². The molecule has 1 saturated heterocycles. The smallest absolute Gasteiger partial charge is 0.245 e. The normalized spacial score (nSPS) is 18.9. The third-order valence-corrected chi connectivity index (χ3v) is 6.38. The molecule has 1 aliphatic heterocycles. The fraction of sp³-hybridized carbons (Fsp3) is 0.241. The Labute approximate surface area is 232 Å². The molecule has 8 nitrogen and oxygen atoms in total. The lowest BCUT2D eigenvalue weighted by Crippen LogP contribution is -2.37. The Morgan fingerprint density at radius 1 is 1.03 bits per heavy atom. The summed E-state index contributed by atoms with van der Waals surface area (Å²) in [5, 5.41) is 8.18. The maximum Gasteiger partial charge on any atom is 0.245 e. The number of aromatic nitrogens is 3. The predicted molar refractivity (Wildman–Crippen MR) is 155 cm³/mol. The Morgan fingerprint density at radius 3 is 2.77 bits per heavy atom. The van der Waals surface area contributed by atoms with Crippen LogP contribution in [0.25, 0.3) is 5.57 Å². The number of anilines is 4. The molecule has 10 heteroatoms. The van der Waals surface area contributed by atoms with Crippen molar-refractivity contribution >= 4 is 46.5 Å². The standard InChI is InChI=1S/C29H29ClFN7O/c30-23-15-22(21-7-5-3-1-2-4-6-8-21)16-26(17-23)35-25-10-9-24(32-18-25)19-34-37-29-33-20-27(31)28(36-29)38-11-13-39-14-12-38/h1,3,5,7-10,15-20,35H,2,4,6,11-14H2,(H,33,36,37)/b3-1-,7-5-,21-8+,34-19+. The zero-order valence-corrected chi connectivity index (χ0v) is 22.1. The van der Waals surface area contributed by atoms with Crippen molar-refractivity contribution in [2.75, 3.05) is 41.9 Å². The van der Waals surface area contributed by atoms with E-state index in [1.165, 1.54) is 0 Å². The van der Waals surface area contributed by atoms with Crippen molar-refractivity contribution in [3.63, 3.8) is 0 Å². The first-order valence-corrected chi connectivity index (χ1v) is 13.2. The molecule has 0 unspecified atom stereocenters. The summed E-state index contributed by atoms with van der Waals surface area (Å²) in [6, 6.07) is 9.68. The zero-order chi connectivity index (χ0) is 26.9. The molecule has 0 bridgehead atoms. The highest BCUT2D eigenvalue weighted by Crippen LogP contribution is 2.28. The Balaban J connectivity index is 1.22. The maximum absolute atomic E-state index is 14.2. The zero-order valence-electron chi connectivity index (χ0n) is 21.4. The van der Waals surface area contributed by atoms with Crippen LogP contribution in [0.5, 0.6) is 0 Å². The van der Waals surface area contributed by atoms with E-state index >= 15 is 0 Å². The van der Waals surface area contributed by atoms with Crippen LogP contribution in [0.3, 0.4) is 0 Å². The summed E-state index contributed by atoms with van der Waals surface area (Å²) >= 11 is 6.45. The molecule has 200 valence electrons. The Hall–Kier alpha value is -4.08. The van der Waals surface area contributed by atoms with Crippen LogP contribution in [0.4, 0.5) is 27.5 Å². The highest BCUT2D eigenvalue weighted by atomic mass is 35.5. The summed E-state index contributed by atoms with van der Waals surface area (Å²) in [7, 11) is 0. The van der Waals surface area contributed by atoms with Gasteiger partial charge in [-0.15, -0.1) is 0 Å². The van der Waals surface area contributed by atoms with Crippen molar-refractivity contribution in [2.45, 2.75) is 19.3 Å². The number of allylic oxidation sites excluding steroid dienone is 6. The molecule has 3 heterocycles. The topological polar surface area (TPSA) is 87.6 Å². The first-order valence-electron chi connectivity index (χ1n) is 12.9. The first-order chi connectivity index (χ1) is 19.1. The molecular formula is C29H29ClFN7O. The van der Waals surface area contributed by atoms with Crippen LogP contribution in [0.15, 0.2) is 78.2 Å². The molecule has 1 aliphatic carbocycles. The fourth-order valence-electron chi connectivity index (χ4n) is 4.23. The molecule has 0 radical (unpaired) electrons. The van der Waals surface area contributed by atoms with Gasteiger partial charge in [0.1, 0.15) is 0 Å². The summed E-state index contributed by atoms with van der Waals surface area (Å²) in [5.74, 6) is -0.0449. The van der Waals surface area contributed by atoms with Crippen LogP contribution in [0.1, 0.15) is 30.5 Å². The minimum atomic E-state index is -0.478. The molecule has 2 aliphatic rings. The number of hydrazone groups is 1. The van der Waals surface area contributed by atoms with E-state index in [-0.39, 0.29) is 11.8 Å². The third-order valence-electron chi connectivity index (χ3n) is 6.17. The van der Waals surface area contributed by atoms with Crippen LogP contribution in [0, 0.1) is 5.82 Å². The van der Waals surface area contributed by atoms with Gasteiger partial charge in [0.25, 0.3) is 0 Å². The van der Waals surface area contributed by atoms with Crippen molar-refractivity contribution in [2.24, 2.45) is 5.10 Å². The second kappa shape index (κ2) is 13.1. The quantitative estimate of drug-likeness (QED) is 0.263. The lowest BCUT2D eigenvalue weighted by atomic mass is 10.0. The number of halogens is 2. The molecule has 3 aromatic rings. The van der Waals surface area contributed by atoms with E-state index in [1.807, 2.05) is 29.2 Å². The largest absolute Gasteiger partial charge is 0.378 e. The molecule has 0 spiro atoms. The summed E-state index contributed by atoms with van der Waals surface area (Å²) in [6.07, 6.45) is 18.3. The number of rotatable bonds is 7. The van der Waals surface area contributed by atoms with Crippen LogP contribution in [-0.2, 0) is 4.74 Å². The Morgan fingerprint density at radius 2 is 1.92 bits per heavy atom. The molecular weight excluding hydrogens is 517 g/mol. The molecule has 39 heavy (non-hydrogen) atoms. The van der Waals surface area contributed by atoms with Gasteiger partial charge in [-0.2, -0.15) is 10.1 Å². The van der Waals surface area contributed by atoms with Gasteiger partial charge in [-0.25, -0.2) is 14.8 Å². The van der Waals surface area contributed by atoms with Gasteiger partial charge in [0.2, 0.25) is 5.95 Å². The number of morpholine rings is 1. The average Bonchev–Trinajstić information content (AvgIpc) is 3.09. The number of pyridine rings is 1. The van der Waals surface area contributed by atoms with Crippen molar-refractivity contribution in [1.29, 1.82) is 0 Å². The number of nitrogens with one attached hydrogen (secondary N) is 2. The van der Waals surface area contributed by atoms with E-state index < -0.39 is 5.82 Å². The fourth-order valence-corrected chi connectivity index (χ4v) is 4.46. The number of nitrogens with zero attached hydrogens (tertiary/aromatic N) is 5. The summed E-state index contributed by atoms with van der Waals surface area (Å²) < 4.78 is 19.5. The SMILES string of the molecule is Fc1cnc(N/N=C/c2ccc(Nc3cc(Cl)cc(C4=C/CCC\C=C/C=C\4)c3)cn2)nc1N1CCOCC1. The molecule has 1 fully saturated rings. The predicted octanol–water partition coefficient (Wildman–Crippen LogP) is 6.37. The van der Waals surface area contributed by atoms with E-state index in [1.54, 1.807) is 12.4 Å². The second-order valence-corrected chi connectivity index (χ2v) is 9.47. The third kappa shape index (κ3) is 7.49. The average molecular weight is 546 g/mol. The van der Waals surface area contributed by atoms with Gasteiger partial charge in [0.15, 0.2) is 11.6 Å². The van der Waals surface area contributed by atoms with Gasteiger partial charge in [-0.3, -0.25) is 4.98 Å². The van der Waals surface area contributed by atoms with Crippen LogP contribution >= 0.6 is 11.6 Å². The number of hydrogen-bond donors (Lipinski definition) is 2. The van der Waals surface area contributed by atoms with E-state index in [0.29, 0.717) is 37.0 Å². The van der Waals surface area contributed by atoms with Gasteiger partial charge < -0.3 is 15.0 Å². The van der Waals surface area contributed by atoms with E-state index in [9.17, 15) is 4.39 Å². The lowest BCUT2D eigenvalue weighted by Gasteiger charge is -2.27. The van der Waals surface area contributed by atoms with Gasteiger partial charge in [-0.1, -0.05) is 42.0 Å². The number of hydrogen-bond acceptors (Lipinski definition) is 8. The molecule has 1 aromatic carbocycles. The molecule has 5 rings (SSSR count). The van der Waals surface area contributed by atoms with Gasteiger partial charge >= 0.3 is 0 Å². The Bertz CT molecular complexity index is 1400. The second-order valence-electron chi connectivity index (χ2n) is 9.04. The Kier molecular flexibility index (Phi) is 8.93. The summed E-state index contributed by atoms with van der Waals surface area (Å²) in [4.78, 5) is 14.5. The van der Waals surface area contributed by atoms with Crippen molar-refractivity contribution in [3.05, 3.63) is 95.2 Å². The van der Waals surface area contributed by atoms with E-state index in [2.05, 4.69) is 67.2 Å². The highest BCUT2D eigenvalue weighted by Gasteiger charge is 2.17. The van der Waals surface area contributed by atoms with Gasteiger partial charge in [-0.05, 0) is 60.7 Å². The molecule has 2 N–H and O–H groups in total. The number of benzene rings is 1. The lowest BCUT2D eigenvalue weighted by molar-refractivity contribution is 0.122. The van der Waals surface area contributed by atoms with E-state index in [4.69, 9.17) is 16.3 Å². The first kappa shape index (κ1) is 26.5. The van der Waals surface area contributed by atoms with Gasteiger partial charge in [0, 0.05) is 23.8 Å². The minimum Gasteiger partial charge on any atom is -0.378 e. The minimum absolute atomic E-state index is 0.199. The molecule has 0 amide bonds. The van der Waals surface area contributed by atoms with Crippen LogP contribution < -0.4 is 15.6 Å². The van der Waals surface area contributed by atoms with E-state index in [0.717, 1.165) is 48.0 Å². The maximum atomic E-state index is 14.2. The number of ether oxygens (including phenoxy) is 1. The molecule has 2 aromatic heterocycles. The summed E-state index contributed by atoms with van der Waals surface area (Å²) in [6.45, 7) is 2.22. The summed E-state index contributed by atoms with van der Waals surface area (Å²) in [5.41, 5.74) is 7.26. The monoisotopic (exact) mass is 545 g/mol. The van der Waals surface area contributed by atoms with Crippen molar-refractivity contribution in [3.8, 4) is 0 Å².